The maximum absolute atomic E-state index is 10.6. The fourth-order valence-corrected chi connectivity index (χ4v) is 2.59. The van der Waals surface area contributed by atoms with Crippen LogP contribution in [0, 0.1) is 15.5 Å². The number of anilines is 1. The molecule has 0 saturated heterocycles. The number of nitro groups is 1. The van der Waals surface area contributed by atoms with Crippen LogP contribution in [0.25, 0.3) is 0 Å². The summed E-state index contributed by atoms with van der Waals surface area (Å²) in [7, 11) is 0. The highest BCUT2D eigenvalue weighted by Gasteiger charge is 2.27. The first kappa shape index (κ1) is 14.1. The van der Waals surface area contributed by atoms with E-state index < -0.39 is 4.92 Å². The molecule has 1 saturated carbocycles. The van der Waals surface area contributed by atoms with Crippen molar-refractivity contribution in [3.05, 3.63) is 27.4 Å². The summed E-state index contributed by atoms with van der Waals surface area (Å²) in [5.41, 5.74) is 0.325. The minimum atomic E-state index is -0.494. The highest BCUT2D eigenvalue weighted by Crippen LogP contribution is 2.36. The second-order valence-corrected chi connectivity index (χ2v) is 6.27. The summed E-state index contributed by atoms with van der Waals surface area (Å²) in [6.45, 7) is 4.56. The van der Waals surface area contributed by atoms with Gasteiger partial charge in [0.1, 0.15) is 12.0 Å². The summed E-state index contributed by atoms with van der Waals surface area (Å²) in [4.78, 5) is 14.2. The van der Waals surface area contributed by atoms with Crippen molar-refractivity contribution in [2.75, 3.05) is 5.32 Å². The first-order chi connectivity index (χ1) is 8.87. The van der Waals surface area contributed by atoms with Crippen LogP contribution in [0.1, 0.15) is 39.5 Å². The van der Waals surface area contributed by atoms with Crippen LogP contribution in [0.5, 0.6) is 0 Å². The Kier molecular flexibility index (Phi) is 3.94. The van der Waals surface area contributed by atoms with Gasteiger partial charge in [0, 0.05) is 12.1 Å². The Morgan fingerprint density at radius 1 is 1.47 bits per heavy atom. The quantitative estimate of drug-likeness (QED) is 0.672. The average molecular weight is 284 g/mol. The minimum absolute atomic E-state index is 0.0830. The molecule has 2 rings (SSSR count). The van der Waals surface area contributed by atoms with Gasteiger partial charge in [-0.15, -0.1) is 0 Å². The van der Waals surface area contributed by atoms with E-state index in [4.69, 9.17) is 11.6 Å². The predicted octanol–water partition coefficient (Wildman–Crippen LogP) is 4.02. The zero-order valence-electron chi connectivity index (χ0n) is 11.1. The fourth-order valence-electron chi connectivity index (χ4n) is 2.37. The lowest BCUT2D eigenvalue weighted by atomic mass is 9.75. The molecular weight excluding hydrogens is 266 g/mol. The molecule has 0 aromatic carbocycles. The maximum atomic E-state index is 10.6. The molecule has 1 N–H and O–H groups in total. The van der Waals surface area contributed by atoms with E-state index in [1.807, 2.05) is 0 Å². The van der Waals surface area contributed by atoms with E-state index in [0.717, 1.165) is 25.7 Å². The summed E-state index contributed by atoms with van der Waals surface area (Å²) in [5, 5.41) is 14.2. The van der Waals surface area contributed by atoms with Crippen LogP contribution < -0.4 is 5.32 Å². The van der Waals surface area contributed by atoms with Crippen molar-refractivity contribution in [1.82, 2.24) is 4.98 Å². The minimum Gasteiger partial charge on any atom is -0.366 e. The number of aromatic nitrogens is 1. The molecular formula is C13H18ClN3O2. The van der Waals surface area contributed by atoms with Gasteiger partial charge in [-0.3, -0.25) is 10.1 Å². The molecule has 5 nitrogen and oxygen atoms in total. The van der Waals surface area contributed by atoms with E-state index in [0.29, 0.717) is 22.3 Å². The van der Waals surface area contributed by atoms with E-state index in [9.17, 15) is 10.1 Å². The van der Waals surface area contributed by atoms with Gasteiger partial charge >= 0.3 is 0 Å². The van der Waals surface area contributed by atoms with Crippen molar-refractivity contribution < 1.29 is 4.92 Å². The van der Waals surface area contributed by atoms with Crippen LogP contribution in [0.4, 0.5) is 11.5 Å². The molecule has 0 spiro atoms. The monoisotopic (exact) mass is 283 g/mol. The Morgan fingerprint density at radius 3 is 2.63 bits per heavy atom. The molecule has 0 bridgehead atoms. The molecule has 0 radical (unpaired) electrons. The molecule has 1 aromatic rings. The number of rotatable bonds is 3. The van der Waals surface area contributed by atoms with Crippen LogP contribution in [0.3, 0.4) is 0 Å². The Morgan fingerprint density at radius 2 is 2.11 bits per heavy atom. The van der Waals surface area contributed by atoms with Crippen molar-refractivity contribution >= 4 is 23.1 Å². The zero-order valence-corrected chi connectivity index (χ0v) is 11.9. The first-order valence-electron chi connectivity index (χ1n) is 6.44. The lowest BCUT2D eigenvalue weighted by Crippen LogP contribution is -2.30. The van der Waals surface area contributed by atoms with Gasteiger partial charge in [0.15, 0.2) is 0 Å². The fraction of sp³-hybridized carbons (Fsp3) is 0.615. The van der Waals surface area contributed by atoms with Crippen molar-refractivity contribution in [1.29, 1.82) is 0 Å². The normalized spacial score (nSPS) is 19.1. The second kappa shape index (κ2) is 5.33. The third kappa shape index (κ3) is 3.56. The van der Waals surface area contributed by atoms with Gasteiger partial charge in [-0.05, 0) is 31.1 Å². The second-order valence-electron chi connectivity index (χ2n) is 5.86. The van der Waals surface area contributed by atoms with Gasteiger partial charge in [-0.25, -0.2) is 4.98 Å². The molecule has 0 amide bonds. The summed E-state index contributed by atoms with van der Waals surface area (Å²) < 4.78 is 0. The number of pyridine rings is 1. The molecule has 0 atom stereocenters. The van der Waals surface area contributed by atoms with Gasteiger partial charge in [0.05, 0.1) is 9.95 Å². The van der Waals surface area contributed by atoms with E-state index in [-0.39, 0.29) is 5.69 Å². The van der Waals surface area contributed by atoms with E-state index in [2.05, 4.69) is 24.1 Å². The van der Waals surface area contributed by atoms with Crippen molar-refractivity contribution in [3.63, 3.8) is 0 Å². The van der Waals surface area contributed by atoms with Gasteiger partial charge in [-0.1, -0.05) is 25.4 Å². The smallest absolute Gasteiger partial charge is 0.289 e. The number of nitrogens with one attached hydrogen (secondary N) is 1. The Bertz CT molecular complexity index is 481. The molecule has 0 unspecified atom stereocenters. The Balaban J connectivity index is 2.02. The largest absolute Gasteiger partial charge is 0.366 e. The van der Waals surface area contributed by atoms with Crippen LogP contribution in [0.2, 0.25) is 5.02 Å². The SMILES string of the molecule is CC1(C)CCC(Nc2ncc([N+](=O)[O-])cc2Cl)CC1. The molecule has 1 fully saturated rings. The Labute approximate surface area is 117 Å². The Hall–Kier alpha value is -1.36. The molecule has 6 heteroatoms. The van der Waals surface area contributed by atoms with Crippen LogP contribution >= 0.6 is 11.6 Å². The number of hydrogen-bond donors (Lipinski definition) is 1. The van der Waals surface area contributed by atoms with E-state index in [1.54, 1.807) is 0 Å². The topological polar surface area (TPSA) is 68.1 Å². The highest BCUT2D eigenvalue weighted by atomic mass is 35.5. The van der Waals surface area contributed by atoms with Crippen molar-refractivity contribution in [2.24, 2.45) is 5.41 Å². The maximum Gasteiger partial charge on any atom is 0.289 e. The standard InChI is InChI=1S/C13H18ClN3O2/c1-13(2)5-3-9(4-6-13)16-12-11(14)7-10(8-15-12)17(18)19/h7-9H,3-6H2,1-2H3,(H,15,16). The van der Waals surface area contributed by atoms with Gasteiger partial charge < -0.3 is 5.32 Å². The summed E-state index contributed by atoms with van der Waals surface area (Å²) >= 11 is 6.02. The van der Waals surface area contributed by atoms with Crippen molar-refractivity contribution in [2.45, 2.75) is 45.6 Å². The first-order valence-corrected chi connectivity index (χ1v) is 6.82. The molecule has 19 heavy (non-hydrogen) atoms. The molecule has 0 aliphatic heterocycles. The van der Waals surface area contributed by atoms with E-state index in [1.165, 1.54) is 12.3 Å². The highest BCUT2D eigenvalue weighted by molar-refractivity contribution is 6.33. The molecule has 104 valence electrons. The summed E-state index contributed by atoms with van der Waals surface area (Å²) in [6.07, 6.45) is 5.70. The van der Waals surface area contributed by atoms with E-state index >= 15 is 0 Å². The number of nitrogens with zero attached hydrogens (tertiary/aromatic N) is 2. The third-order valence-electron chi connectivity index (χ3n) is 3.72. The van der Waals surface area contributed by atoms with Crippen LogP contribution in [-0.4, -0.2) is 15.9 Å². The van der Waals surface area contributed by atoms with Crippen LogP contribution in [-0.2, 0) is 0 Å². The molecule has 1 aromatic heterocycles. The summed E-state index contributed by atoms with van der Waals surface area (Å²) in [5.74, 6) is 0.539. The zero-order chi connectivity index (χ0) is 14.0. The molecule has 1 aliphatic rings. The average Bonchev–Trinajstić information content (AvgIpc) is 2.34. The number of hydrogen-bond acceptors (Lipinski definition) is 4. The predicted molar refractivity (Wildman–Crippen MR) is 75.6 cm³/mol. The lowest BCUT2D eigenvalue weighted by Gasteiger charge is -2.34. The van der Waals surface area contributed by atoms with Gasteiger partial charge in [0.2, 0.25) is 0 Å². The lowest BCUT2D eigenvalue weighted by molar-refractivity contribution is -0.385. The third-order valence-corrected chi connectivity index (χ3v) is 4.01. The van der Waals surface area contributed by atoms with Crippen molar-refractivity contribution in [3.8, 4) is 0 Å². The molecule has 1 aliphatic carbocycles. The van der Waals surface area contributed by atoms with Gasteiger partial charge in [0.25, 0.3) is 5.69 Å². The number of halogens is 1. The van der Waals surface area contributed by atoms with Gasteiger partial charge in [-0.2, -0.15) is 0 Å². The molecule has 1 heterocycles. The van der Waals surface area contributed by atoms with Crippen LogP contribution in [0.15, 0.2) is 12.3 Å². The summed E-state index contributed by atoms with van der Waals surface area (Å²) in [6, 6.07) is 1.68.